The van der Waals surface area contributed by atoms with E-state index in [-0.39, 0.29) is 11.7 Å². The van der Waals surface area contributed by atoms with Crippen molar-refractivity contribution in [2.45, 2.75) is 25.5 Å². The Morgan fingerprint density at radius 3 is 2.56 bits per heavy atom. The molecular formula is C20H25NO3S. The number of hydrogen-bond acceptors (Lipinski definition) is 3. The fourth-order valence-corrected chi connectivity index (χ4v) is 4.86. The first-order valence-corrected chi connectivity index (χ1v) is 10.4. The van der Waals surface area contributed by atoms with Gasteiger partial charge in [-0.25, -0.2) is 12.7 Å². The van der Waals surface area contributed by atoms with Crippen LogP contribution in [0.5, 0.6) is 5.75 Å². The van der Waals surface area contributed by atoms with Gasteiger partial charge >= 0.3 is 0 Å². The fraction of sp³-hybridized carbons (Fsp3) is 0.400. The van der Waals surface area contributed by atoms with E-state index < -0.39 is 10.0 Å². The van der Waals surface area contributed by atoms with Gasteiger partial charge in [0.2, 0.25) is 10.0 Å². The van der Waals surface area contributed by atoms with Crippen LogP contribution in [0.2, 0.25) is 0 Å². The van der Waals surface area contributed by atoms with E-state index in [0.717, 1.165) is 29.7 Å². The highest BCUT2D eigenvalue weighted by Gasteiger charge is 2.29. The molecule has 1 fully saturated rings. The molecule has 0 bridgehead atoms. The van der Waals surface area contributed by atoms with Crippen molar-refractivity contribution in [3.8, 4) is 5.75 Å². The Labute approximate surface area is 150 Å². The Morgan fingerprint density at radius 1 is 1.08 bits per heavy atom. The van der Waals surface area contributed by atoms with Crippen molar-refractivity contribution in [2.75, 3.05) is 19.7 Å². The van der Waals surface area contributed by atoms with E-state index >= 15 is 0 Å². The van der Waals surface area contributed by atoms with E-state index in [4.69, 9.17) is 4.74 Å². The van der Waals surface area contributed by atoms with E-state index in [1.807, 2.05) is 61.5 Å². The second kappa shape index (κ2) is 8.02. The minimum atomic E-state index is -3.28. The minimum Gasteiger partial charge on any atom is -0.493 e. The van der Waals surface area contributed by atoms with E-state index in [1.54, 1.807) is 4.31 Å². The monoisotopic (exact) mass is 359 g/mol. The number of rotatable bonds is 6. The summed E-state index contributed by atoms with van der Waals surface area (Å²) in [6, 6.07) is 17.3. The second-order valence-corrected chi connectivity index (χ2v) is 8.65. The highest BCUT2D eigenvalue weighted by molar-refractivity contribution is 7.88. The molecule has 0 N–H and O–H groups in total. The van der Waals surface area contributed by atoms with Gasteiger partial charge in [-0.15, -0.1) is 0 Å². The summed E-state index contributed by atoms with van der Waals surface area (Å²) >= 11 is 0. The van der Waals surface area contributed by atoms with Crippen molar-refractivity contribution >= 4 is 10.0 Å². The Kier molecular flexibility index (Phi) is 5.76. The zero-order valence-electron chi connectivity index (χ0n) is 14.6. The average molecular weight is 359 g/mol. The number of benzene rings is 2. The maximum Gasteiger partial charge on any atom is 0.218 e. The predicted molar refractivity (Wildman–Crippen MR) is 100 cm³/mol. The van der Waals surface area contributed by atoms with Crippen molar-refractivity contribution in [3.63, 3.8) is 0 Å². The average Bonchev–Trinajstić information content (AvgIpc) is 2.62. The molecule has 4 nitrogen and oxygen atoms in total. The molecule has 0 saturated carbocycles. The summed E-state index contributed by atoms with van der Waals surface area (Å²) < 4.78 is 33.0. The highest BCUT2D eigenvalue weighted by Crippen LogP contribution is 2.23. The zero-order valence-corrected chi connectivity index (χ0v) is 15.4. The van der Waals surface area contributed by atoms with Crippen molar-refractivity contribution < 1.29 is 13.2 Å². The number of piperidine rings is 1. The molecule has 1 aliphatic heterocycles. The largest absolute Gasteiger partial charge is 0.493 e. The van der Waals surface area contributed by atoms with E-state index in [2.05, 4.69) is 0 Å². The molecule has 0 spiro atoms. The first-order chi connectivity index (χ1) is 12.0. The third kappa shape index (κ3) is 4.83. The van der Waals surface area contributed by atoms with Crippen LogP contribution in [-0.2, 0) is 15.8 Å². The molecule has 2 aromatic rings. The highest BCUT2D eigenvalue weighted by atomic mass is 32.2. The second-order valence-electron chi connectivity index (χ2n) is 6.68. The van der Waals surface area contributed by atoms with Crippen LogP contribution in [0.25, 0.3) is 0 Å². The van der Waals surface area contributed by atoms with Gasteiger partial charge in [0.15, 0.2) is 0 Å². The summed E-state index contributed by atoms with van der Waals surface area (Å²) in [6.07, 6.45) is 1.89. The number of aryl methyl sites for hydroxylation is 1. The van der Waals surface area contributed by atoms with Gasteiger partial charge in [-0.3, -0.25) is 0 Å². The first-order valence-electron chi connectivity index (χ1n) is 8.75. The zero-order chi connectivity index (χ0) is 17.7. The normalized spacial score (nSPS) is 18.8. The Balaban J connectivity index is 1.60. The van der Waals surface area contributed by atoms with Crippen LogP contribution in [0.1, 0.15) is 24.0 Å². The Hall–Kier alpha value is -1.85. The lowest BCUT2D eigenvalue weighted by atomic mass is 10.0. The molecule has 134 valence electrons. The molecule has 5 heteroatoms. The molecule has 0 aromatic heterocycles. The standard InChI is InChI=1S/C20H25NO3S/c1-17-8-5-6-12-20(17)24-15-19-11-7-13-21(14-19)25(22,23)16-18-9-3-2-4-10-18/h2-6,8-10,12,19H,7,11,13-16H2,1H3. The maximum atomic E-state index is 12.7. The quantitative estimate of drug-likeness (QED) is 0.791. The summed E-state index contributed by atoms with van der Waals surface area (Å²) in [5.41, 5.74) is 1.94. The van der Waals surface area contributed by atoms with E-state index in [1.165, 1.54) is 0 Å². The lowest BCUT2D eigenvalue weighted by Gasteiger charge is -2.32. The predicted octanol–water partition coefficient (Wildman–Crippen LogP) is 3.62. The van der Waals surface area contributed by atoms with Crippen molar-refractivity contribution in [2.24, 2.45) is 5.92 Å². The number of para-hydroxylation sites is 1. The van der Waals surface area contributed by atoms with Crippen LogP contribution in [0.3, 0.4) is 0 Å². The fourth-order valence-electron chi connectivity index (χ4n) is 3.22. The molecule has 1 atom stereocenters. The van der Waals surface area contributed by atoms with Crippen LogP contribution in [0.15, 0.2) is 54.6 Å². The molecule has 0 amide bonds. The van der Waals surface area contributed by atoms with Crippen molar-refractivity contribution in [3.05, 3.63) is 65.7 Å². The van der Waals surface area contributed by atoms with Gasteiger partial charge in [-0.05, 0) is 37.0 Å². The third-order valence-corrected chi connectivity index (χ3v) is 6.45. The van der Waals surface area contributed by atoms with Gasteiger partial charge in [-0.2, -0.15) is 0 Å². The number of hydrogen-bond donors (Lipinski definition) is 0. The molecule has 3 rings (SSSR count). The van der Waals surface area contributed by atoms with Crippen molar-refractivity contribution in [1.29, 1.82) is 0 Å². The third-order valence-electron chi connectivity index (χ3n) is 4.64. The lowest BCUT2D eigenvalue weighted by molar-refractivity contribution is 0.179. The molecular weight excluding hydrogens is 334 g/mol. The topological polar surface area (TPSA) is 46.6 Å². The van der Waals surface area contributed by atoms with Gasteiger partial charge in [0.25, 0.3) is 0 Å². The molecule has 1 unspecified atom stereocenters. The molecule has 0 radical (unpaired) electrons. The van der Waals surface area contributed by atoms with Crippen LogP contribution < -0.4 is 4.74 Å². The molecule has 25 heavy (non-hydrogen) atoms. The molecule has 1 saturated heterocycles. The van der Waals surface area contributed by atoms with Crippen LogP contribution in [-0.4, -0.2) is 32.4 Å². The smallest absolute Gasteiger partial charge is 0.218 e. The van der Waals surface area contributed by atoms with Crippen LogP contribution >= 0.6 is 0 Å². The summed E-state index contributed by atoms with van der Waals surface area (Å²) in [6.45, 7) is 3.73. The van der Waals surface area contributed by atoms with Crippen LogP contribution in [0, 0.1) is 12.8 Å². The van der Waals surface area contributed by atoms with Gasteiger partial charge in [-0.1, -0.05) is 48.5 Å². The number of ether oxygens (including phenoxy) is 1. The van der Waals surface area contributed by atoms with Crippen molar-refractivity contribution in [1.82, 2.24) is 4.31 Å². The first kappa shape index (κ1) is 18.0. The van der Waals surface area contributed by atoms with E-state index in [0.29, 0.717) is 19.7 Å². The van der Waals surface area contributed by atoms with Crippen LogP contribution in [0.4, 0.5) is 0 Å². The number of sulfonamides is 1. The number of nitrogens with zero attached hydrogens (tertiary/aromatic N) is 1. The Morgan fingerprint density at radius 2 is 1.80 bits per heavy atom. The molecule has 1 aliphatic rings. The Bertz CT molecular complexity index is 790. The van der Waals surface area contributed by atoms with Gasteiger partial charge in [0.05, 0.1) is 12.4 Å². The minimum absolute atomic E-state index is 0.0687. The maximum absolute atomic E-state index is 12.7. The summed E-state index contributed by atoms with van der Waals surface area (Å²) in [5, 5.41) is 0. The summed E-state index contributed by atoms with van der Waals surface area (Å²) in [4.78, 5) is 0. The van der Waals surface area contributed by atoms with Gasteiger partial charge in [0.1, 0.15) is 5.75 Å². The molecule has 2 aromatic carbocycles. The van der Waals surface area contributed by atoms with Gasteiger partial charge in [0, 0.05) is 19.0 Å². The van der Waals surface area contributed by atoms with Gasteiger partial charge < -0.3 is 4.74 Å². The molecule has 1 heterocycles. The summed E-state index contributed by atoms with van der Waals surface area (Å²) in [5.74, 6) is 1.19. The van der Waals surface area contributed by atoms with E-state index in [9.17, 15) is 8.42 Å². The lowest BCUT2D eigenvalue weighted by Crippen LogP contribution is -2.42. The molecule has 0 aliphatic carbocycles. The summed E-state index contributed by atoms with van der Waals surface area (Å²) in [7, 11) is -3.28. The SMILES string of the molecule is Cc1ccccc1OCC1CCCN(S(=O)(=O)Cc2ccccc2)C1.